The van der Waals surface area contributed by atoms with E-state index in [1.807, 2.05) is 0 Å². The number of nitrogens with zero attached hydrogens (tertiary/aromatic N) is 2. The van der Waals surface area contributed by atoms with Crippen LogP contribution < -0.4 is 10.2 Å². The summed E-state index contributed by atoms with van der Waals surface area (Å²) in [4.78, 5) is 13.7. The molecule has 0 radical (unpaired) electrons. The molecule has 2 rings (SSSR count). The van der Waals surface area contributed by atoms with E-state index < -0.39 is 10.0 Å². The van der Waals surface area contributed by atoms with Crippen LogP contribution in [0.15, 0.2) is 46.0 Å². The number of carbonyl (C=O) groups is 1. The number of benzene rings is 1. The maximum atomic E-state index is 13.7. The number of thiophene rings is 1. The number of amides is 1. The molecule has 2 aromatic rings. The smallest absolute Gasteiger partial charge is 0.252 e. The van der Waals surface area contributed by atoms with Crippen molar-refractivity contribution >= 4 is 33.0 Å². The lowest BCUT2D eigenvalue weighted by Crippen LogP contribution is -2.39. The third-order valence-corrected chi connectivity index (χ3v) is 6.96. The maximum Gasteiger partial charge on any atom is 0.252 e. The summed E-state index contributed by atoms with van der Waals surface area (Å²) in [6.45, 7) is 0.693. The first kappa shape index (κ1) is 20.3. The van der Waals surface area contributed by atoms with Crippen LogP contribution in [0.1, 0.15) is 6.42 Å². The van der Waals surface area contributed by atoms with Gasteiger partial charge < -0.3 is 10.2 Å². The van der Waals surface area contributed by atoms with Crippen molar-refractivity contribution in [1.82, 2.24) is 9.62 Å². The number of nitrogens with one attached hydrogen (secondary N) is 1. The first-order valence-corrected chi connectivity index (χ1v) is 10.4. The second-order valence-corrected chi connectivity index (χ2v) is 8.99. The third kappa shape index (κ3) is 5.26. The zero-order valence-corrected chi connectivity index (χ0v) is 16.3. The Kier molecular flexibility index (Phi) is 7.13. The molecule has 0 fully saturated rings. The number of halogens is 1. The van der Waals surface area contributed by atoms with E-state index >= 15 is 0 Å². The van der Waals surface area contributed by atoms with Crippen LogP contribution in [0.25, 0.3) is 0 Å². The summed E-state index contributed by atoms with van der Waals surface area (Å²) in [6.07, 6.45) is 0.609. The first-order valence-electron chi connectivity index (χ1n) is 8.04. The Morgan fingerprint density at radius 2 is 1.92 bits per heavy atom. The van der Waals surface area contributed by atoms with Gasteiger partial charge in [-0.2, -0.15) is 4.31 Å². The highest BCUT2D eigenvalue weighted by Crippen LogP contribution is 2.19. The number of sulfonamides is 1. The van der Waals surface area contributed by atoms with Crippen LogP contribution in [-0.2, 0) is 14.8 Å². The molecule has 1 N–H and O–H groups in total. The molecule has 6 nitrogen and oxygen atoms in total. The number of hydrogen-bond donors (Lipinski definition) is 1. The Balaban J connectivity index is 1.75. The molecule has 0 bridgehead atoms. The summed E-state index contributed by atoms with van der Waals surface area (Å²) in [5.41, 5.74) is 0.501. The molecule has 0 aliphatic heterocycles. The second kappa shape index (κ2) is 9.11. The molecule has 1 aromatic heterocycles. The summed E-state index contributed by atoms with van der Waals surface area (Å²) in [5.74, 6) is -0.666. The molecule has 0 atom stereocenters. The van der Waals surface area contributed by atoms with Crippen molar-refractivity contribution in [2.24, 2.45) is 0 Å². The molecule has 0 unspecified atom stereocenters. The topological polar surface area (TPSA) is 69.7 Å². The van der Waals surface area contributed by atoms with Gasteiger partial charge in [-0.1, -0.05) is 18.2 Å². The minimum absolute atomic E-state index is 0.208. The summed E-state index contributed by atoms with van der Waals surface area (Å²) in [5, 5.41) is 4.36. The van der Waals surface area contributed by atoms with Crippen molar-refractivity contribution < 1.29 is 17.6 Å². The average Bonchev–Trinajstić information content (AvgIpc) is 3.14. The van der Waals surface area contributed by atoms with Gasteiger partial charge in [-0.05, 0) is 30.0 Å². The molecule has 1 amide bonds. The predicted molar refractivity (Wildman–Crippen MR) is 101 cm³/mol. The Labute approximate surface area is 157 Å². The molecule has 1 heterocycles. The highest BCUT2D eigenvalue weighted by molar-refractivity contribution is 7.91. The number of para-hydroxylation sites is 1. The Morgan fingerprint density at radius 1 is 1.19 bits per heavy atom. The monoisotopic (exact) mass is 399 g/mol. The predicted octanol–water partition coefficient (Wildman–Crippen LogP) is 2.15. The van der Waals surface area contributed by atoms with Crippen LogP contribution in [0.4, 0.5) is 10.1 Å². The largest absolute Gasteiger partial charge is 0.372 e. The molecule has 142 valence electrons. The molecule has 9 heteroatoms. The molecule has 0 spiro atoms. The number of likely N-dealkylation sites (N-methyl/N-ethyl adjacent to an activating group) is 1. The Hall–Kier alpha value is -1.97. The highest BCUT2D eigenvalue weighted by Gasteiger charge is 2.23. The number of carbonyl (C=O) groups excluding carboxylic acids is 1. The van der Waals surface area contributed by atoms with Crippen LogP contribution >= 0.6 is 11.3 Å². The molecule has 26 heavy (non-hydrogen) atoms. The van der Waals surface area contributed by atoms with E-state index in [1.165, 1.54) is 19.2 Å². The van der Waals surface area contributed by atoms with Gasteiger partial charge in [-0.25, -0.2) is 12.8 Å². The van der Waals surface area contributed by atoms with Gasteiger partial charge in [0.2, 0.25) is 5.91 Å². The summed E-state index contributed by atoms with van der Waals surface area (Å²) >= 11 is 1.11. The second-order valence-electron chi connectivity index (χ2n) is 5.77. The van der Waals surface area contributed by atoms with E-state index in [4.69, 9.17) is 0 Å². The molecule has 1 aromatic carbocycles. The minimum atomic E-state index is -3.63. The summed E-state index contributed by atoms with van der Waals surface area (Å²) < 4.78 is 39.4. The molecule has 0 saturated heterocycles. The third-order valence-electron chi connectivity index (χ3n) is 3.78. The van der Waals surface area contributed by atoms with Crippen molar-refractivity contribution in [1.29, 1.82) is 0 Å². The summed E-state index contributed by atoms with van der Waals surface area (Å²) in [7, 11) is -0.479. The van der Waals surface area contributed by atoms with Crippen LogP contribution in [0, 0.1) is 5.82 Å². The van der Waals surface area contributed by atoms with Gasteiger partial charge in [0.25, 0.3) is 10.0 Å². The van der Waals surface area contributed by atoms with E-state index in [0.717, 1.165) is 15.6 Å². The standard InChI is InChI=1S/C17H22FN3O3S2/c1-20(15-8-4-3-7-14(15)18)11-6-10-19-16(22)13-21(2)26(23,24)17-9-5-12-25-17/h3-5,7-9,12H,6,10-11,13H2,1-2H3,(H,19,22). The van der Waals surface area contributed by atoms with E-state index in [1.54, 1.807) is 41.6 Å². The molecule has 0 saturated carbocycles. The van der Waals surface area contributed by atoms with Crippen molar-refractivity contribution in [2.75, 3.05) is 38.6 Å². The van der Waals surface area contributed by atoms with Gasteiger partial charge in [0, 0.05) is 27.2 Å². The van der Waals surface area contributed by atoms with Crippen molar-refractivity contribution in [3.05, 3.63) is 47.6 Å². The van der Waals surface area contributed by atoms with E-state index in [-0.39, 0.29) is 22.5 Å². The van der Waals surface area contributed by atoms with E-state index in [9.17, 15) is 17.6 Å². The quantitative estimate of drug-likeness (QED) is 0.656. The number of rotatable bonds is 9. The van der Waals surface area contributed by atoms with E-state index in [2.05, 4.69) is 5.32 Å². The molecular formula is C17H22FN3O3S2. The average molecular weight is 400 g/mol. The van der Waals surface area contributed by atoms with Gasteiger partial charge in [-0.3, -0.25) is 4.79 Å². The fraction of sp³-hybridized carbons (Fsp3) is 0.353. The van der Waals surface area contributed by atoms with Gasteiger partial charge in [0.1, 0.15) is 10.0 Å². The van der Waals surface area contributed by atoms with Gasteiger partial charge >= 0.3 is 0 Å². The van der Waals surface area contributed by atoms with Crippen LogP contribution in [0.2, 0.25) is 0 Å². The lowest BCUT2D eigenvalue weighted by atomic mass is 10.2. The zero-order chi connectivity index (χ0) is 19.2. The number of anilines is 1. The van der Waals surface area contributed by atoms with Crippen molar-refractivity contribution in [3.8, 4) is 0 Å². The van der Waals surface area contributed by atoms with E-state index in [0.29, 0.717) is 25.2 Å². The van der Waals surface area contributed by atoms with Crippen LogP contribution in [0.3, 0.4) is 0 Å². The maximum absolute atomic E-state index is 13.7. The Morgan fingerprint density at radius 3 is 2.58 bits per heavy atom. The Bertz CT molecular complexity index is 826. The fourth-order valence-electron chi connectivity index (χ4n) is 2.33. The van der Waals surface area contributed by atoms with Gasteiger partial charge in [0.15, 0.2) is 0 Å². The number of hydrogen-bond acceptors (Lipinski definition) is 5. The van der Waals surface area contributed by atoms with Crippen LogP contribution in [-0.4, -0.2) is 52.4 Å². The zero-order valence-electron chi connectivity index (χ0n) is 14.7. The van der Waals surface area contributed by atoms with Gasteiger partial charge in [-0.15, -0.1) is 11.3 Å². The van der Waals surface area contributed by atoms with Crippen LogP contribution in [0.5, 0.6) is 0 Å². The minimum Gasteiger partial charge on any atom is -0.372 e. The fourth-order valence-corrected chi connectivity index (χ4v) is 4.66. The molecule has 0 aliphatic carbocycles. The molecular weight excluding hydrogens is 377 g/mol. The molecule has 0 aliphatic rings. The summed E-state index contributed by atoms with van der Waals surface area (Å²) in [6, 6.07) is 9.65. The lowest BCUT2D eigenvalue weighted by molar-refractivity contribution is -0.121. The SMILES string of the molecule is CN(CCCNC(=O)CN(C)S(=O)(=O)c1cccs1)c1ccccc1F. The first-order chi connectivity index (χ1) is 12.3. The normalized spacial score (nSPS) is 11.5. The van der Waals surface area contributed by atoms with Crippen molar-refractivity contribution in [2.45, 2.75) is 10.6 Å². The lowest BCUT2D eigenvalue weighted by Gasteiger charge is -2.20. The highest BCUT2D eigenvalue weighted by atomic mass is 32.2. The van der Waals surface area contributed by atoms with Gasteiger partial charge in [0.05, 0.1) is 12.2 Å². The van der Waals surface area contributed by atoms with Crippen molar-refractivity contribution in [3.63, 3.8) is 0 Å².